The Bertz CT molecular complexity index is 408. The van der Waals surface area contributed by atoms with Crippen molar-refractivity contribution >= 4 is 12.0 Å². The van der Waals surface area contributed by atoms with Crippen LogP contribution < -0.4 is 0 Å². The highest BCUT2D eigenvalue weighted by molar-refractivity contribution is 5.76. The predicted molar refractivity (Wildman–Crippen MR) is 75.1 cm³/mol. The van der Waals surface area contributed by atoms with Gasteiger partial charge >= 0.3 is 12.0 Å². The highest BCUT2D eigenvalue weighted by atomic mass is 16.5. The van der Waals surface area contributed by atoms with Crippen molar-refractivity contribution in [2.45, 2.75) is 32.0 Å². The van der Waals surface area contributed by atoms with Crippen LogP contribution in [0.1, 0.15) is 20.3 Å². The zero-order chi connectivity index (χ0) is 15.6. The fraction of sp³-hybridized carbons (Fsp3) is 0.857. The number of carbonyl (C=O) groups excluding carboxylic acids is 1. The van der Waals surface area contributed by atoms with Gasteiger partial charge < -0.3 is 24.4 Å². The molecule has 0 aliphatic carbocycles. The van der Waals surface area contributed by atoms with E-state index in [1.54, 1.807) is 12.0 Å². The number of aliphatic carboxylic acids is 1. The van der Waals surface area contributed by atoms with Crippen molar-refractivity contribution in [2.75, 3.05) is 39.9 Å². The van der Waals surface area contributed by atoms with Gasteiger partial charge in [0, 0.05) is 20.2 Å². The summed E-state index contributed by atoms with van der Waals surface area (Å²) in [6, 6.07) is -0.0136. The molecule has 120 valence electrons. The van der Waals surface area contributed by atoms with Crippen molar-refractivity contribution < 1.29 is 24.2 Å². The van der Waals surface area contributed by atoms with E-state index in [0.717, 1.165) is 13.0 Å². The summed E-state index contributed by atoms with van der Waals surface area (Å²) < 4.78 is 10.7. The molecular formula is C14H24N2O5. The minimum atomic E-state index is -0.992. The van der Waals surface area contributed by atoms with Gasteiger partial charge in [-0.1, -0.05) is 6.92 Å². The second kappa shape index (κ2) is 6.19. The molecule has 2 unspecified atom stereocenters. The number of hydrogen-bond acceptors (Lipinski definition) is 4. The Balaban J connectivity index is 1.82. The molecule has 2 fully saturated rings. The monoisotopic (exact) mass is 300 g/mol. The number of methoxy groups -OCH3 is 1. The fourth-order valence-electron chi connectivity index (χ4n) is 2.94. The molecule has 0 radical (unpaired) electrons. The quantitative estimate of drug-likeness (QED) is 0.824. The topological polar surface area (TPSA) is 79.3 Å². The number of piperidine rings is 1. The smallest absolute Gasteiger partial charge is 0.329 e. The second-order valence-corrected chi connectivity index (χ2v) is 6.26. The summed E-state index contributed by atoms with van der Waals surface area (Å²) in [5.41, 5.74) is -0.544. The van der Waals surface area contributed by atoms with Crippen molar-refractivity contribution in [2.24, 2.45) is 5.92 Å². The maximum atomic E-state index is 12.4. The Morgan fingerprint density at radius 1 is 1.33 bits per heavy atom. The molecule has 2 aliphatic rings. The van der Waals surface area contributed by atoms with Gasteiger partial charge in [-0.15, -0.1) is 0 Å². The van der Waals surface area contributed by atoms with Gasteiger partial charge in [-0.05, 0) is 19.3 Å². The van der Waals surface area contributed by atoms with Crippen LogP contribution in [0.5, 0.6) is 0 Å². The molecule has 2 amide bonds. The number of ether oxygens (including phenoxy) is 2. The van der Waals surface area contributed by atoms with Gasteiger partial charge in [0.2, 0.25) is 0 Å². The minimum absolute atomic E-state index is 0.0136. The molecule has 0 saturated carbocycles. The molecule has 2 saturated heterocycles. The Hall–Kier alpha value is -1.34. The largest absolute Gasteiger partial charge is 0.480 e. The van der Waals surface area contributed by atoms with Gasteiger partial charge in [0.05, 0.1) is 19.2 Å². The molecule has 0 aromatic rings. The maximum absolute atomic E-state index is 12.4. The molecular weight excluding hydrogens is 276 g/mol. The van der Waals surface area contributed by atoms with E-state index in [9.17, 15) is 9.59 Å². The second-order valence-electron chi connectivity index (χ2n) is 6.26. The van der Waals surface area contributed by atoms with Crippen LogP contribution in [-0.2, 0) is 14.3 Å². The van der Waals surface area contributed by atoms with Gasteiger partial charge in [-0.25, -0.2) is 9.59 Å². The molecule has 0 aromatic heterocycles. The number of nitrogens with zero attached hydrogens (tertiary/aromatic N) is 2. The van der Waals surface area contributed by atoms with Crippen molar-refractivity contribution in [3.05, 3.63) is 0 Å². The number of carbonyl (C=O) groups is 2. The summed E-state index contributed by atoms with van der Waals surface area (Å²) in [5, 5.41) is 8.63. The van der Waals surface area contributed by atoms with Crippen molar-refractivity contribution in [3.63, 3.8) is 0 Å². The summed E-state index contributed by atoms with van der Waals surface area (Å²) in [7, 11) is 1.68. The molecule has 2 heterocycles. The maximum Gasteiger partial charge on any atom is 0.329 e. The van der Waals surface area contributed by atoms with Crippen LogP contribution >= 0.6 is 0 Å². The SMILES string of the molecule is COC1CN(C(=O)N2CC(C)(OCC(=O)O)C2)CCC1C. The van der Waals surface area contributed by atoms with E-state index in [1.807, 2.05) is 11.8 Å². The Morgan fingerprint density at radius 2 is 2.00 bits per heavy atom. The highest BCUT2D eigenvalue weighted by Crippen LogP contribution is 2.27. The van der Waals surface area contributed by atoms with Crippen molar-refractivity contribution in [1.29, 1.82) is 0 Å². The normalized spacial score (nSPS) is 28.1. The van der Waals surface area contributed by atoms with Gasteiger partial charge in [0.25, 0.3) is 0 Å². The summed E-state index contributed by atoms with van der Waals surface area (Å²) in [4.78, 5) is 26.4. The molecule has 7 heteroatoms. The number of carboxylic acids is 1. The third-order valence-corrected chi connectivity index (χ3v) is 4.33. The zero-order valence-corrected chi connectivity index (χ0v) is 12.9. The Kier molecular flexibility index (Phi) is 4.73. The number of amides is 2. The van der Waals surface area contributed by atoms with E-state index >= 15 is 0 Å². The zero-order valence-electron chi connectivity index (χ0n) is 12.9. The molecule has 0 aromatic carbocycles. The number of urea groups is 1. The number of likely N-dealkylation sites (tertiary alicyclic amines) is 2. The molecule has 0 bridgehead atoms. The average Bonchev–Trinajstić information content (AvgIpc) is 2.42. The summed E-state index contributed by atoms with van der Waals surface area (Å²) in [6.07, 6.45) is 1.02. The summed E-state index contributed by atoms with van der Waals surface area (Å²) in [6.45, 7) is 5.85. The number of carboxylic acid groups (broad SMARTS) is 1. The van der Waals surface area contributed by atoms with E-state index in [1.165, 1.54) is 0 Å². The van der Waals surface area contributed by atoms with Crippen LogP contribution in [0, 0.1) is 5.92 Å². The third kappa shape index (κ3) is 3.65. The Morgan fingerprint density at radius 3 is 2.57 bits per heavy atom. The van der Waals surface area contributed by atoms with E-state index in [4.69, 9.17) is 14.6 Å². The molecule has 2 rings (SSSR count). The average molecular weight is 300 g/mol. The van der Waals surface area contributed by atoms with E-state index < -0.39 is 11.6 Å². The summed E-state index contributed by atoms with van der Waals surface area (Å²) >= 11 is 0. The Labute approximate surface area is 124 Å². The first kappa shape index (κ1) is 16.0. The van der Waals surface area contributed by atoms with Gasteiger partial charge in [-0.2, -0.15) is 0 Å². The van der Waals surface area contributed by atoms with Crippen LogP contribution in [0.4, 0.5) is 4.79 Å². The number of hydrogen-bond donors (Lipinski definition) is 1. The molecule has 1 N–H and O–H groups in total. The van der Waals surface area contributed by atoms with Crippen LogP contribution in [0.25, 0.3) is 0 Å². The summed E-state index contributed by atoms with van der Waals surface area (Å²) in [5.74, 6) is -0.534. The van der Waals surface area contributed by atoms with E-state index in [-0.39, 0.29) is 18.7 Å². The molecule has 2 atom stereocenters. The van der Waals surface area contributed by atoms with Gasteiger partial charge in [-0.3, -0.25) is 0 Å². The standard InChI is InChI=1S/C14H24N2O5/c1-10-4-5-15(6-11(10)20-3)13(19)16-8-14(2,9-16)21-7-12(17)18/h10-11H,4-9H2,1-3H3,(H,17,18). The third-order valence-electron chi connectivity index (χ3n) is 4.33. The van der Waals surface area contributed by atoms with Crippen LogP contribution in [-0.4, -0.2) is 78.5 Å². The van der Waals surface area contributed by atoms with Gasteiger partial charge in [0.15, 0.2) is 0 Å². The van der Waals surface area contributed by atoms with E-state index in [2.05, 4.69) is 6.92 Å². The van der Waals surface area contributed by atoms with Crippen LogP contribution in [0.2, 0.25) is 0 Å². The lowest BCUT2D eigenvalue weighted by Gasteiger charge is -2.49. The van der Waals surface area contributed by atoms with Gasteiger partial charge in [0.1, 0.15) is 12.2 Å². The molecule has 7 nitrogen and oxygen atoms in total. The van der Waals surface area contributed by atoms with E-state index in [0.29, 0.717) is 25.6 Å². The first-order valence-electron chi connectivity index (χ1n) is 7.27. The fourth-order valence-corrected chi connectivity index (χ4v) is 2.94. The number of rotatable bonds is 4. The predicted octanol–water partition coefficient (Wildman–Crippen LogP) is 0.639. The lowest BCUT2D eigenvalue weighted by molar-refractivity contribution is -0.160. The van der Waals surface area contributed by atoms with Crippen LogP contribution in [0.3, 0.4) is 0 Å². The lowest BCUT2D eigenvalue weighted by Crippen LogP contribution is -2.66. The first-order valence-corrected chi connectivity index (χ1v) is 7.27. The lowest BCUT2D eigenvalue weighted by atomic mass is 9.94. The molecule has 21 heavy (non-hydrogen) atoms. The van der Waals surface area contributed by atoms with Crippen LogP contribution in [0.15, 0.2) is 0 Å². The highest BCUT2D eigenvalue weighted by Gasteiger charge is 2.45. The minimum Gasteiger partial charge on any atom is -0.480 e. The first-order chi connectivity index (χ1) is 9.84. The molecule has 0 spiro atoms. The molecule has 2 aliphatic heterocycles. The van der Waals surface area contributed by atoms with Crippen molar-refractivity contribution in [1.82, 2.24) is 9.80 Å². The van der Waals surface area contributed by atoms with Crippen molar-refractivity contribution in [3.8, 4) is 0 Å².